The van der Waals surface area contributed by atoms with Crippen molar-refractivity contribution >= 4 is 8.25 Å². The highest BCUT2D eigenvalue weighted by Gasteiger charge is 1.96. The van der Waals surface area contributed by atoms with Gasteiger partial charge in [-0.2, -0.15) is 9.97 Å². The summed E-state index contributed by atoms with van der Waals surface area (Å²) in [5, 5.41) is 0. The van der Waals surface area contributed by atoms with Crippen molar-refractivity contribution < 1.29 is 14.0 Å². The first-order valence-corrected chi connectivity index (χ1v) is 3.58. The van der Waals surface area contributed by atoms with E-state index in [0.29, 0.717) is 0 Å². The summed E-state index contributed by atoms with van der Waals surface area (Å²) in [7, 11) is -2.99. The van der Waals surface area contributed by atoms with E-state index in [9.17, 15) is 4.57 Å². The van der Waals surface area contributed by atoms with Crippen molar-refractivity contribution in [2.75, 3.05) is 0 Å². The highest BCUT2D eigenvalue weighted by Crippen LogP contribution is 2.16. The van der Waals surface area contributed by atoms with Crippen LogP contribution in [0.1, 0.15) is 0 Å². The molecule has 0 amide bonds. The van der Waals surface area contributed by atoms with Crippen LogP contribution in [0.2, 0.25) is 0 Å². The Kier molecular flexibility index (Phi) is 4.28. The molecule has 0 spiro atoms. The Morgan fingerprint density at radius 1 is 1.45 bits per heavy atom. The van der Waals surface area contributed by atoms with Gasteiger partial charge >= 0.3 is 14.3 Å². The molecule has 0 aliphatic rings. The molecule has 8 heteroatoms. The minimum Gasteiger partial charge on any atom is -0.391 e. The Morgan fingerprint density at radius 3 is 2.45 bits per heavy atom. The molecule has 7 nitrogen and oxygen atoms in total. The summed E-state index contributed by atoms with van der Waals surface area (Å²) in [6.07, 6.45) is 2.35. The third-order valence-electron chi connectivity index (χ3n) is 0.648. The molecule has 62 valence electrons. The van der Waals surface area contributed by atoms with Gasteiger partial charge in [0.15, 0.2) is 0 Å². The van der Waals surface area contributed by atoms with Crippen molar-refractivity contribution in [1.82, 2.24) is 21.1 Å². The maximum atomic E-state index is 10.0. The summed E-state index contributed by atoms with van der Waals surface area (Å²) in [4.78, 5) is 18.6. The third kappa shape index (κ3) is 3.61. The van der Waals surface area contributed by atoms with Gasteiger partial charge in [-0.3, -0.25) is 0 Å². The van der Waals surface area contributed by atoms with E-state index < -0.39 is 8.25 Å². The summed E-state index contributed by atoms with van der Waals surface area (Å²) < 4.78 is 14.3. The van der Waals surface area contributed by atoms with Gasteiger partial charge in [0.1, 0.15) is 12.7 Å². The summed E-state index contributed by atoms with van der Waals surface area (Å²) >= 11 is 0. The van der Waals surface area contributed by atoms with Crippen molar-refractivity contribution in [3.8, 4) is 6.01 Å². The molecule has 1 rings (SSSR count). The number of aromatic nitrogens is 3. The Bertz CT molecular complexity index is 229. The smallest absolute Gasteiger partial charge is 0.367 e. The van der Waals surface area contributed by atoms with Gasteiger partial charge in [-0.15, -0.1) is 0 Å². The van der Waals surface area contributed by atoms with Crippen molar-refractivity contribution in [2.24, 2.45) is 0 Å². The number of hydrogen-bond acceptors (Lipinski definition) is 6. The lowest BCUT2D eigenvalue weighted by atomic mass is 11.0. The zero-order chi connectivity index (χ0) is 7.40. The predicted octanol–water partition coefficient (Wildman–Crippen LogP) is -0.206. The normalized spacial score (nSPS) is 11.4. The Hall–Kier alpha value is -1.04. The van der Waals surface area contributed by atoms with Crippen LogP contribution in [-0.2, 0) is 4.57 Å². The van der Waals surface area contributed by atoms with Crippen LogP contribution in [0.15, 0.2) is 12.7 Å². The molecule has 1 atom stereocenters. The van der Waals surface area contributed by atoms with E-state index in [1.807, 2.05) is 0 Å². The molecule has 1 heterocycles. The average Bonchev–Trinajstić information content (AvgIpc) is 1.88. The molecule has 0 radical (unpaired) electrons. The molecule has 4 N–H and O–H groups in total. The number of hydrogen-bond donors (Lipinski definition) is 2. The first-order valence-electron chi connectivity index (χ1n) is 2.32. The SMILES string of the molecule is N.O=[PH](O)Oc1ncncn1. The molecular formula is C3H7N4O3P. The van der Waals surface area contributed by atoms with Crippen LogP contribution in [0, 0.1) is 0 Å². The van der Waals surface area contributed by atoms with E-state index in [-0.39, 0.29) is 12.2 Å². The molecule has 0 aliphatic carbocycles. The van der Waals surface area contributed by atoms with Gasteiger partial charge < -0.3 is 15.6 Å². The van der Waals surface area contributed by atoms with Crippen molar-refractivity contribution in [3.05, 3.63) is 12.7 Å². The van der Waals surface area contributed by atoms with Gasteiger partial charge in [0.2, 0.25) is 0 Å². The molecule has 0 aromatic carbocycles. The van der Waals surface area contributed by atoms with Gasteiger partial charge in [0, 0.05) is 0 Å². The van der Waals surface area contributed by atoms with E-state index in [4.69, 9.17) is 4.89 Å². The molecule has 1 unspecified atom stereocenters. The molecule has 1 aromatic rings. The minimum absolute atomic E-state index is 0. The van der Waals surface area contributed by atoms with Crippen molar-refractivity contribution in [1.29, 1.82) is 0 Å². The molecule has 0 saturated heterocycles. The van der Waals surface area contributed by atoms with E-state index in [0.717, 1.165) is 0 Å². The third-order valence-corrected chi connectivity index (χ3v) is 1.01. The zero-order valence-corrected chi connectivity index (χ0v) is 6.47. The van der Waals surface area contributed by atoms with Crippen LogP contribution in [0.4, 0.5) is 0 Å². The summed E-state index contributed by atoms with van der Waals surface area (Å²) in [6.45, 7) is 0. The van der Waals surface area contributed by atoms with Crippen LogP contribution in [-0.4, -0.2) is 19.8 Å². The Labute approximate surface area is 63.0 Å². The second kappa shape index (κ2) is 4.73. The number of nitrogens with zero attached hydrogens (tertiary/aromatic N) is 3. The quantitative estimate of drug-likeness (QED) is 0.601. The van der Waals surface area contributed by atoms with Crippen LogP contribution >= 0.6 is 8.25 Å². The average molecular weight is 178 g/mol. The molecule has 0 saturated carbocycles. The molecule has 0 aliphatic heterocycles. The maximum absolute atomic E-state index is 10.0. The maximum Gasteiger partial charge on any atom is 0.367 e. The monoisotopic (exact) mass is 178 g/mol. The first kappa shape index (κ1) is 9.96. The van der Waals surface area contributed by atoms with Crippen LogP contribution < -0.4 is 10.7 Å². The van der Waals surface area contributed by atoms with Gasteiger partial charge in [-0.05, 0) is 0 Å². The first-order chi connectivity index (χ1) is 4.79. The zero-order valence-electron chi connectivity index (χ0n) is 5.47. The fourth-order valence-electron chi connectivity index (χ4n) is 0.359. The van der Waals surface area contributed by atoms with Crippen LogP contribution in [0.25, 0.3) is 0 Å². The Balaban J connectivity index is 0.000001000. The minimum atomic E-state index is -2.99. The molecular weight excluding hydrogens is 171 g/mol. The van der Waals surface area contributed by atoms with Gasteiger partial charge in [-0.1, -0.05) is 0 Å². The molecule has 0 bridgehead atoms. The van der Waals surface area contributed by atoms with E-state index in [1.54, 1.807) is 0 Å². The molecule has 1 aromatic heterocycles. The Morgan fingerprint density at radius 2 is 2.00 bits per heavy atom. The summed E-state index contributed by atoms with van der Waals surface area (Å²) in [5.41, 5.74) is 0. The standard InChI is InChI=1S/C3H4N3O3P.H3N/c7-10(8)9-3-5-1-4-2-6-3;/h1-2,10H,(H,7,8);1H3. The predicted molar refractivity (Wildman–Crippen MR) is 36.7 cm³/mol. The second-order valence-electron chi connectivity index (χ2n) is 1.29. The lowest BCUT2D eigenvalue weighted by Crippen LogP contribution is -1.88. The molecule has 11 heavy (non-hydrogen) atoms. The molecule has 0 fully saturated rings. The largest absolute Gasteiger partial charge is 0.391 e. The fourth-order valence-corrected chi connectivity index (χ4v) is 0.621. The van der Waals surface area contributed by atoms with Gasteiger partial charge in [0.25, 0.3) is 0 Å². The van der Waals surface area contributed by atoms with E-state index in [2.05, 4.69) is 19.5 Å². The van der Waals surface area contributed by atoms with E-state index >= 15 is 0 Å². The van der Waals surface area contributed by atoms with Gasteiger partial charge in [-0.25, -0.2) is 9.55 Å². The highest BCUT2D eigenvalue weighted by atomic mass is 31.1. The van der Waals surface area contributed by atoms with E-state index in [1.165, 1.54) is 12.7 Å². The lowest BCUT2D eigenvalue weighted by molar-refractivity contribution is 0.395. The van der Waals surface area contributed by atoms with Crippen LogP contribution in [0.3, 0.4) is 0 Å². The number of rotatable bonds is 2. The van der Waals surface area contributed by atoms with Crippen molar-refractivity contribution in [2.45, 2.75) is 0 Å². The second-order valence-corrected chi connectivity index (χ2v) is 2.02. The fraction of sp³-hybridized carbons (Fsp3) is 0. The summed E-state index contributed by atoms with van der Waals surface area (Å²) in [6, 6.07) is -0.138. The van der Waals surface area contributed by atoms with Gasteiger partial charge in [0.05, 0.1) is 0 Å². The van der Waals surface area contributed by atoms with Crippen LogP contribution in [0.5, 0.6) is 6.01 Å². The highest BCUT2D eigenvalue weighted by molar-refractivity contribution is 7.32. The van der Waals surface area contributed by atoms with Crippen molar-refractivity contribution in [3.63, 3.8) is 0 Å². The summed E-state index contributed by atoms with van der Waals surface area (Å²) in [5.74, 6) is 0. The topological polar surface area (TPSA) is 120 Å². The lowest BCUT2D eigenvalue weighted by Gasteiger charge is -1.94.